The van der Waals surface area contributed by atoms with E-state index in [9.17, 15) is 9.90 Å². The van der Waals surface area contributed by atoms with Crippen LogP contribution in [0.1, 0.15) is 36.8 Å². The van der Waals surface area contributed by atoms with Gasteiger partial charge in [0.1, 0.15) is 11.6 Å². The largest absolute Gasteiger partial charge is 0.508 e. The van der Waals surface area contributed by atoms with Crippen molar-refractivity contribution in [3.05, 3.63) is 90.4 Å². The van der Waals surface area contributed by atoms with Gasteiger partial charge in [0.25, 0.3) is 5.91 Å². The van der Waals surface area contributed by atoms with Gasteiger partial charge in [-0.15, -0.1) is 0 Å². The molecule has 1 saturated heterocycles. The van der Waals surface area contributed by atoms with Gasteiger partial charge >= 0.3 is 0 Å². The minimum absolute atomic E-state index is 0.0643. The molecular weight excluding hydrogens is 466 g/mol. The van der Waals surface area contributed by atoms with Crippen LogP contribution in [0.2, 0.25) is 0 Å². The van der Waals surface area contributed by atoms with Crippen LogP contribution in [-0.4, -0.2) is 48.9 Å². The maximum atomic E-state index is 13.5. The van der Waals surface area contributed by atoms with E-state index in [1.165, 1.54) is 6.07 Å². The molecular formula is C28H29N7O2. The first-order valence-corrected chi connectivity index (χ1v) is 11.9. The molecule has 1 aliphatic rings. The zero-order valence-corrected chi connectivity index (χ0v) is 21.1. The van der Waals surface area contributed by atoms with Gasteiger partial charge in [-0.1, -0.05) is 52.1 Å². The fourth-order valence-electron chi connectivity index (χ4n) is 4.57. The molecule has 37 heavy (non-hydrogen) atoms. The molecule has 9 nitrogen and oxygen atoms in total. The van der Waals surface area contributed by atoms with Crippen LogP contribution in [0.4, 0.5) is 11.5 Å². The second-order valence-electron chi connectivity index (χ2n) is 10.1. The summed E-state index contributed by atoms with van der Waals surface area (Å²) in [6.07, 6.45) is 7.25. The minimum Gasteiger partial charge on any atom is -0.508 e. The Hall–Kier alpha value is -4.66. The number of hydrogen-bond donors (Lipinski definition) is 3. The molecule has 0 aliphatic carbocycles. The predicted molar refractivity (Wildman–Crippen MR) is 145 cm³/mol. The third-order valence-electron chi connectivity index (χ3n) is 6.28. The first kappa shape index (κ1) is 24.1. The second kappa shape index (κ2) is 9.09. The molecule has 3 aromatic heterocycles. The molecule has 1 aliphatic heterocycles. The number of rotatable bonds is 5. The monoisotopic (exact) mass is 495 g/mol. The van der Waals surface area contributed by atoms with Crippen molar-refractivity contribution in [1.82, 2.24) is 24.8 Å². The Bertz CT molecular complexity index is 1560. The summed E-state index contributed by atoms with van der Waals surface area (Å²) < 4.78 is 1.71. The fourth-order valence-corrected chi connectivity index (χ4v) is 4.57. The number of allylic oxidation sites excluding steroid dienone is 2. The summed E-state index contributed by atoms with van der Waals surface area (Å²) in [5.74, 6) is 0.434. The zero-order chi connectivity index (χ0) is 26.3. The number of carbonyl (C=O) groups excluding carboxylic acids is 1. The van der Waals surface area contributed by atoms with E-state index >= 15 is 0 Å². The molecule has 4 heterocycles. The topological polar surface area (TPSA) is 111 Å². The number of benzene rings is 1. The second-order valence-corrected chi connectivity index (χ2v) is 10.1. The average Bonchev–Trinajstić information content (AvgIpc) is 3.57. The number of nitrogens with one attached hydrogen (secondary N) is 2. The Balaban J connectivity index is 1.70. The Morgan fingerprint density at radius 3 is 2.73 bits per heavy atom. The molecule has 1 fully saturated rings. The highest BCUT2D eigenvalue weighted by molar-refractivity contribution is 6.05. The third-order valence-corrected chi connectivity index (χ3v) is 6.28. The summed E-state index contributed by atoms with van der Waals surface area (Å²) in [6, 6.07) is 8.38. The molecule has 9 heteroatoms. The first-order chi connectivity index (χ1) is 17.7. The van der Waals surface area contributed by atoms with Crippen molar-refractivity contribution in [3.63, 3.8) is 0 Å². The molecule has 1 amide bonds. The van der Waals surface area contributed by atoms with Crippen molar-refractivity contribution in [2.45, 2.75) is 26.2 Å². The molecule has 5 rings (SSSR count). The van der Waals surface area contributed by atoms with E-state index in [0.717, 1.165) is 33.8 Å². The van der Waals surface area contributed by atoms with Crippen LogP contribution in [0.3, 0.4) is 0 Å². The van der Waals surface area contributed by atoms with Gasteiger partial charge in [-0.05, 0) is 28.7 Å². The number of aromatic nitrogens is 5. The van der Waals surface area contributed by atoms with E-state index in [-0.39, 0.29) is 17.4 Å². The molecule has 1 aromatic carbocycles. The highest BCUT2D eigenvalue weighted by atomic mass is 16.3. The van der Waals surface area contributed by atoms with Crippen LogP contribution in [0.5, 0.6) is 5.75 Å². The molecule has 0 radical (unpaired) electrons. The lowest BCUT2D eigenvalue weighted by molar-refractivity contribution is 0.102. The number of phenolic OH excluding ortho intramolecular Hbond substituents is 1. The maximum absolute atomic E-state index is 13.5. The number of H-pyrrole nitrogens is 1. The molecule has 0 atom stereocenters. The number of aromatic hydroxyl groups is 1. The van der Waals surface area contributed by atoms with Gasteiger partial charge < -0.3 is 15.3 Å². The highest BCUT2D eigenvalue weighted by Gasteiger charge is 2.32. The number of hydrogen-bond acceptors (Lipinski definition) is 6. The molecule has 3 N–H and O–H groups in total. The number of nitrogens with zero attached hydrogens (tertiary/aromatic N) is 5. The summed E-state index contributed by atoms with van der Waals surface area (Å²) in [7, 11) is 0. The molecule has 188 valence electrons. The van der Waals surface area contributed by atoms with Gasteiger partial charge in [0.2, 0.25) is 0 Å². The predicted octanol–water partition coefficient (Wildman–Crippen LogP) is 4.86. The number of carbonyl (C=O) groups is 1. The van der Waals surface area contributed by atoms with E-state index in [4.69, 9.17) is 10.1 Å². The van der Waals surface area contributed by atoms with E-state index in [0.29, 0.717) is 24.4 Å². The Labute approximate surface area is 214 Å². The molecule has 0 unspecified atom stereocenters. The van der Waals surface area contributed by atoms with Gasteiger partial charge in [-0.25, -0.2) is 9.50 Å². The quantitative estimate of drug-likeness (QED) is 0.365. The van der Waals surface area contributed by atoms with E-state index in [1.807, 2.05) is 32.9 Å². The van der Waals surface area contributed by atoms with Gasteiger partial charge in [0, 0.05) is 48.2 Å². The summed E-state index contributed by atoms with van der Waals surface area (Å²) in [5, 5.41) is 24.4. The smallest absolute Gasteiger partial charge is 0.276 e. The number of anilines is 2. The Morgan fingerprint density at radius 2 is 2.05 bits per heavy atom. The van der Waals surface area contributed by atoms with E-state index in [2.05, 4.69) is 33.6 Å². The summed E-state index contributed by atoms with van der Waals surface area (Å²) >= 11 is 0. The van der Waals surface area contributed by atoms with Gasteiger partial charge in [0.15, 0.2) is 11.3 Å². The number of aromatic amines is 1. The molecule has 4 aromatic rings. The normalized spacial score (nSPS) is 15.1. The number of phenols is 1. The van der Waals surface area contributed by atoms with Crippen LogP contribution in [0.25, 0.3) is 16.9 Å². The maximum Gasteiger partial charge on any atom is 0.276 e. The van der Waals surface area contributed by atoms with Crippen LogP contribution < -0.4 is 10.2 Å². The first-order valence-electron chi connectivity index (χ1n) is 11.9. The van der Waals surface area contributed by atoms with Crippen molar-refractivity contribution in [3.8, 4) is 17.0 Å². The third kappa shape index (κ3) is 4.51. The standard InChI is InChI=1S/C28H29N7O2/c1-6-8-18-16-34(15-17(18)2)23-12-22(19-13-29-30-14-19)35-26(32-23)24(28(3,4)5)25(33-35)27(37)31-20-9-7-10-21(36)11-20/h6-14,36H,1-2,15-16H2,3-5H3,(H,29,30)(H,31,37)/b18-8-. The molecule has 0 spiro atoms. The van der Waals surface area contributed by atoms with E-state index in [1.54, 1.807) is 41.2 Å². The number of fused-ring (bicyclic) bond motifs is 1. The van der Waals surface area contributed by atoms with Gasteiger partial charge in [-0.2, -0.15) is 10.2 Å². The van der Waals surface area contributed by atoms with Crippen molar-refractivity contribution < 1.29 is 9.90 Å². The number of amides is 1. The van der Waals surface area contributed by atoms with Crippen molar-refractivity contribution in [2.24, 2.45) is 0 Å². The lowest BCUT2D eigenvalue weighted by Crippen LogP contribution is -2.22. The van der Waals surface area contributed by atoms with E-state index < -0.39 is 5.41 Å². The van der Waals surface area contributed by atoms with Crippen molar-refractivity contribution in [1.29, 1.82) is 0 Å². The Morgan fingerprint density at radius 1 is 1.24 bits per heavy atom. The molecule has 0 saturated carbocycles. The van der Waals surface area contributed by atoms with Gasteiger partial charge in [0.05, 0.1) is 11.9 Å². The van der Waals surface area contributed by atoms with Gasteiger partial charge in [-0.3, -0.25) is 9.89 Å². The lowest BCUT2D eigenvalue weighted by atomic mass is 9.86. The van der Waals surface area contributed by atoms with Crippen molar-refractivity contribution in [2.75, 3.05) is 23.3 Å². The Kier molecular flexibility index (Phi) is 5.91. The highest BCUT2D eigenvalue weighted by Crippen LogP contribution is 2.35. The fraction of sp³-hybridized carbons (Fsp3) is 0.214. The lowest BCUT2D eigenvalue weighted by Gasteiger charge is -2.21. The summed E-state index contributed by atoms with van der Waals surface area (Å²) in [4.78, 5) is 20.7. The van der Waals surface area contributed by atoms with Crippen LogP contribution in [-0.2, 0) is 5.41 Å². The van der Waals surface area contributed by atoms with Crippen molar-refractivity contribution >= 4 is 23.1 Å². The summed E-state index contributed by atoms with van der Waals surface area (Å²) in [6.45, 7) is 15.4. The SMILES string of the molecule is C=C/C=C1/CN(c2cc(-c3cn[nH]c3)n3nc(C(=O)Nc4cccc(O)c4)c(C(C)(C)C)c3n2)CC1=C. The molecule has 0 bridgehead atoms. The summed E-state index contributed by atoms with van der Waals surface area (Å²) in [5.41, 5.74) is 5.30. The average molecular weight is 496 g/mol. The van der Waals surface area contributed by atoms with Crippen LogP contribution in [0, 0.1) is 0 Å². The van der Waals surface area contributed by atoms with Crippen LogP contribution in [0.15, 0.2) is 79.2 Å². The van der Waals surface area contributed by atoms with Crippen LogP contribution >= 0.6 is 0 Å². The zero-order valence-electron chi connectivity index (χ0n) is 21.1. The minimum atomic E-state index is -0.449.